The Balaban J connectivity index is 1.30. The van der Waals surface area contributed by atoms with E-state index in [1.54, 1.807) is 23.0 Å². The predicted molar refractivity (Wildman–Crippen MR) is 133 cm³/mol. The molecule has 0 fully saturated rings. The predicted octanol–water partition coefficient (Wildman–Crippen LogP) is 5.00. The lowest BCUT2D eigenvalue weighted by Crippen LogP contribution is -2.28. The Hall–Kier alpha value is -2.64. The molecule has 5 nitrogen and oxygen atoms in total. The molecular formula is C25H25N3O2S2. The van der Waals surface area contributed by atoms with Crippen LogP contribution in [-0.4, -0.2) is 21.2 Å². The Bertz CT molecular complexity index is 1390. The number of carbonyl (C=O) groups is 1. The van der Waals surface area contributed by atoms with Crippen LogP contribution in [0.5, 0.6) is 0 Å². The van der Waals surface area contributed by atoms with Crippen molar-refractivity contribution < 1.29 is 4.79 Å². The Kier molecular flexibility index (Phi) is 5.78. The third-order valence-corrected chi connectivity index (χ3v) is 8.35. The number of carbonyl (C=O) groups excluding carboxylic acids is 1. The van der Waals surface area contributed by atoms with E-state index in [2.05, 4.69) is 35.6 Å². The van der Waals surface area contributed by atoms with Crippen LogP contribution in [0.15, 0.2) is 52.4 Å². The Morgan fingerprint density at radius 2 is 1.97 bits per heavy atom. The Morgan fingerprint density at radius 1 is 1.19 bits per heavy atom. The van der Waals surface area contributed by atoms with E-state index in [9.17, 15) is 9.59 Å². The number of aryl methyl sites for hydroxylation is 2. The van der Waals surface area contributed by atoms with Crippen LogP contribution < -0.4 is 10.9 Å². The molecule has 0 radical (unpaired) electrons. The SMILES string of the molecule is CC(NC(=O)CSc1nc2sc3c(c2c(=O)n1C)CCCC3)c1ccc2ccccc2c1. The largest absolute Gasteiger partial charge is 0.349 e. The first-order valence-corrected chi connectivity index (χ1v) is 12.7. The number of hydrogen-bond acceptors (Lipinski definition) is 5. The second-order valence-electron chi connectivity index (χ2n) is 8.33. The van der Waals surface area contributed by atoms with E-state index in [1.165, 1.54) is 34.0 Å². The standard InChI is InChI=1S/C25H25N3O2S2/c1-15(17-12-11-16-7-3-4-8-18(16)13-17)26-21(29)14-31-25-27-23-22(24(30)28(25)2)19-9-5-6-10-20(19)32-23/h3-4,7-8,11-13,15H,5-6,9-10,14H2,1-2H3,(H,26,29). The van der Waals surface area contributed by atoms with Crippen molar-refractivity contribution >= 4 is 50.0 Å². The molecule has 0 spiro atoms. The average Bonchev–Trinajstić information content (AvgIpc) is 3.18. The van der Waals surface area contributed by atoms with Gasteiger partial charge in [-0.05, 0) is 60.6 Å². The van der Waals surface area contributed by atoms with Crippen molar-refractivity contribution in [1.29, 1.82) is 0 Å². The van der Waals surface area contributed by atoms with E-state index < -0.39 is 0 Å². The van der Waals surface area contributed by atoms with Gasteiger partial charge in [0.1, 0.15) is 4.83 Å². The van der Waals surface area contributed by atoms with Crippen LogP contribution in [0.1, 0.15) is 41.8 Å². The van der Waals surface area contributed by atoms with Gasteiger partial charge in [0.05, 0.1) is 17.2 Å². The third kappa shape index (κ3) is 3.95. The molecule has 164 valence electrons. The van der Waals surface area contributed by atoms with Crippen LogP contribution in [0.3, 0.4) is 0 Å². The van der Waals surface area contributed by atoms with Gasteiger partial charge < -0.3 is 5.32 Å². The zero-order valence-electron chi connectivity index (χ0n) is 18.2. The minimum absolute atomic E-state index is 0.00170. The van der Waals surface area contributed by atoms with E-state index >= 15 is 0 Å². The summed E-state index contributed by atoms with van der Waals surface area (Å²) in [5.41, 5.74) is 2.27. The van der Waals surface area contributed by atoms with Gasteiger partial charge in [-0.1, -0.05) is 48.2 Å². The van der Waals surface area contributed by atoms with Gasteiger partial charge in [-0.15, -0.1) is 11.3 Å². The van der Waals surface area contributed by atoms with E-state index in [1.807, 2.05) is 19.1 Å². The fraction of sp³-hybridized carbons (Fsp3) is 0.320. The number of nitrogens with one attached hydrogen (secondary N) is 1. The Morgan fingerprint density at radius 3 is 2.81 bits per heavy atom. The summed E-state index contributed by atoms with van der Waals surface area (Å²) in [5, 5.41) is 6.79. The maximum Gasteiger partial charge on any atom is 0.262 e. The molecule has 2 heterocycles. The normalized spacial score (nSPS) is 14.4. The number of hydrogen-bond donors (Lipinski definition) is 1. The van der Waals surface area contributed by atoms with Crippen molar-refractivity contribution in [3.63, 3.8) is 0 Å². The van der Waals surface area contributed by atoms with Crippen LogP contribution in [0.25, 0.3) is 21.0 Å². The fourth-order valence-electron chi connectivity index (χ4n) is 4.37. The number of fused-ring (bicyclic) bond motifs is 4. The average molecular weight is 464 g/mol. The lowest BCUT2D eigenvalue weighted by Gasteiger charge is -2.15. The highest BCUT2D eigenvalue weighted by Crippen LogP contribution is 2.34. The van der Waals surface area contributed by atoms with Gasteiger partial charge in [0.2, 0.25) is 5.91 Å². The number of aromatic nitrogens is 2. The van der Waals surface area contributed by atoms with Crippen LogP contribution >= 0.6 is 23.1 Å². The molecule has 4 aromatic rings. The zero-order valence-corrected chi connectivity index (χ0v) is 19.8. The molecule has 7 heteroatoms. The molecule has 1 N–H and O–H groups in total. The summed E-state index contributed by atoms with van der Waals surface area (Å²) in [7, 11) is 1.75. The number of thioether (sulfide) groups is 1. The number of rotatable bonds is 5. The molecule has 2 aromatic carbocycles. The minimum Gasteiger partial charge on any atom is -0.349 e. The maximum atomic E-state index is 13.0. The van der Waals surface area contributed by atoms with Gasteiger partial charge in [-0.2, -0.15) is 0 Å². The first-order chi connectivity index (χ1) is 15.5. The van der Waals surface area contributed by atoms with Crippen molar-refractivity contribution in [2.75, 3.05) is 5.75 Å². The first-order valence-electron chi connectivity index (χ1n) is 10.9. The minimum atomic E-state index is -0.101. The third-order valence-electron chi connectivity index (χ3n) is 6.14. The van der Waals surface area contributed by atoms with Crippen molar-refractivity contribution in [2.24, 2.45) is 7.05 Å². The monoisotopic (exact) mass is 463 g/mol. The van der Waals surface area contributed by atoms with E-state index in [-0.39, 0.29) is 23.3 Å². The molecule has 1 aliphatic rings. The summed E-state index contributed by atoms with van der Waals surface area (Å²) < 4.78 is 1.59. The summed E-state index contributed by atoms with van der Waals surface area (Å²) in [4.78, 5) is 32.5. The van der Waals surface area contributed by atoms with Crippen molar-refractivity contribution in [3.8, 4) is 0 Å². The molecule has 1 unspecified atom stereocenters. The van der Waals surface area contributed by atoms with Crippen LogP contribution in [0, 0.1) is 0 Å². The second-order valence-corrected chi connectivity index (χ2v) is 10.4. The van der Waals surface area contributed by atoms with Crippen molar-refractivity contribution in [3.05, 3.63) is 68.8 Å². The lowest BCUT2D eigenvalue weighted by molar-refractivity contribution is -0.119. The molecule has 0 saturated carbocycles. The second kappa shape index (κ2) is 8.71. The summed E-state index contributed by atoms with van der Waals surface area (Å²) >= 11 is 2.96. The lowest BCUT2D eigenvalue weighted by atomic mass is 9.97. The van der Waals surface area contributed by atoms with E-state index in [0.717, 1.165) is 40.4 Å². The molecule has 0 bridgehead atoms. The molecule has 1 atom stereocenters. The van der Waals surface area contributed by atoms with Gasteiger partial charge in [0.25, 0.3) is 5.56 Å². The quantitative estimate of drug-likeness (QED) is 0.334. The zero-order chi connectivity index (χ0) is 22.2. The molecule has 5 rings (SSSR count). The highest BCUT2D eigenvalue weighted by atomic mass is 32.2. The molecule has 1 amide bonds. The number of amides is 1. The van der Waals surface area contributed by atoms with Gasteiger partial charge in [0.15, 0.2) is 5.16 Å². The van der Waals surface area contributed by atoms with Crippen LogP contribution in [0.2, 0.25) is 0 Å². The summed E-state index contributed by atoms with van der Waals surface area (Å²) in [6, 6.07) is 14.3. The van der Waals surface area contributed by atoms with Gasteiger partial charge in [0, 0.05) is 11.9 Å². The van der Waals surface area contributed by atoms with Crippen LogP contribution in [-0.2, 0) is 24.7 Å². The molecular weight excluding hydrogens is 438 g/mol. The highest BCUT2D eigenvalue weighted by Gasteiger charge is 2.21. The molecule has 0 saturated heterocycles. The summed E-state index contributed by atoms with van der Waals surface area (Å²) in [6.07, 6.45) is 4.32. The van der Waals surface area contributed by atoms with E-state index in [0.29, 0.717) is 5.16 Å². The van der Waals surface area contributed by atoms with E-state index in [4.69, 9.17) is 4.98 Å². The van der Waals surface area contributed by atoms with Gasteiger partial charge >= 0.3 is 0 Å². The highest BCUT2D eigenvalue weighted by molar-refractivity contribution is 7.99. The molecule has 0 aliphatic heterocycles. The molecule has 32 heavy (non-hydrogen) atoms. The molecule has 2 aromatic heterocycles. The number of thiophene rings is 1. The topological polar surface area (TPSA) is 64.0 Å². The smallest absolute Gasteiger partial charge is 0.262 e. The number of benzene rings is 2. The first kappa shape index (κ1) is 21.2. The van der Waals surface area contributed by atoms with Crippen molar-refractivity contribution in [2.45, 2.75) is 43.8 Å². The van der Waals surface area contributed by atoms with Gasteiger partial charge in [-0.25, -0.2) is 4.98 Å². The number of nitrogens with zero attached hydrogens (tertiary/aromatic N) is 2. The maximum absolute atomic E-state index is 13.0. The Labute approximate surface area is 194 Å². The van der Waals surface area contributed by atoms with Gasteiger partial charge in [-0.3, -0.25) is 14.2 Å². The molecule has 1 aliphatic carbocycles. The summed E-state index contributed by atoms with van der Waals surface area (Å²) in [5.74, 6) is 0.143. The van der Waals surface area contributed by atoms with Crippen molar-refractivity contribution in [1.82, 2.24) is 14.9 Å². The van der Waals surface area contributed by atoms with Crippen LogP contribution in [0.4, 0.5) is 0 Å². The summed E-state index contributed by atoms with van der Waals surface area (Å²) in [6.45, 7) is 1.99. The fourth-order valence-corrected chi connectivity index (χ4v) is 6.46.